The van der Waals surface area contributed by atoms with Crippen molar-refractivity contribution in [2.24, 2.45) is 20.5 Å². The molecule has 5 aromatic rings. The number of para-hydroxylation sites is 1. The van der Waals surface area contributed by atoms with E-state index >= 15 is 0 Å². The number of methoxy groups -OCH3 is 2. The summed E-state index contributed by atoms with van der Waals surface area (Å²) < 4.78 is 203. The molecule has 0 aliphatic carbocycles. The topological polar surface area (TPSA) is 404 Å². The van der Waals surface area contributed by atoms with E-state index in [1.807, 2.05) is 0 Å². The highest BCUT2D eigenvalue weighted by Crippen LogP contribution is 2.48. The number of ether oxygens (including phenoxy) is 2. The molecule has 0 aliphatic heterocycles. The predicted octanol–water partition coefficient (Wildman–Crippen LogP) is 4.82. The van der Waals surface area contributed by atoms with Crippen LogP contribution in [-0.2, 0) is 69.1 Å². The maximum atomic E-state index is 13.0. The molecule has 6 N–H and O–H groups in total. The van der Waals surface area contributed by atoms with Gasteiger partial charge in [0.2, 0.25) is 0 Å². The molecule has 0 saturated carbocycles. The minimum absolute atomic E-state index is 0.0367. The number of phenols is 1. The van der Waals surface area contributed by atoms with Gasteiger partial charge in [-0.15, -0.1) is 20.5 Å². The van der Waals surface area contributed by atoms with Gasteiger partial charge >= 0.3 is 20.8 Å². The maximum Gasteiger partial charge on any atom is 0.397 e. The molecule has 0 amide bonds. The first-order valence-corrected chi connectivity index (χ1v) is 26.5. The molecule has 0 saturated heterocycles. The summed E-state index contributed by atoms with van der Waals surface area (Å²) in [5, 5.41) is 29.4. The third-order valence-corrected chi connectivity index (χ3v) is 14.6. The summed E-state index contributed by atoms with van der Waals surface area (Å²) in [5.74, 6) is -3.88. The van der Waals surface area contributed by atoms with E-state index in [9.17, 15) is 64.7 Å². The first-order chi connectivity index (χ1) is 30.5. The highest BCUT2D eigenvalue weighted by Gasteiger charge is 2.28. The van der Waals surface area contributed by atoms with Crippen molar-refractivity contribution in [2.45, 2.75) is 19.6 Å². The lowest BCUT2D eigenvalue weighted by molar-refractivity contribution is 0.282. The molecule has 5 rings (SSSR count). The summed E-state index contributed by atoms with van der Waals surface area (Å²) in [6.45, 7) is -2.09. The van der Waals surface area contributed by atoms with Gasteiger partial charge in [0, 0.05) is 28.6 Å². The number of anilines is 2. The van der Waals surface area contributed by atoms with E-state index in [4.69, 9.17) is 18.6 Å². The van der Waals surface area contributed by atoms with E-state index < -0.39 is 139 Å². The van der Waals surface area contributed by atoms with Crippen molar-refractivity contribution >= 4 is 106 Å². The van der Waals surface area contributed by atoms with E-state index in [0.29, 0.717) is 17.8 Å². The number of aromatic hydroxyl groups is 1. The van der Waals surface area contributed by atoms with Crippen LogP contribution >= 0.6 is 0 Å². The second kappa shape index (κ2) is 19.6. The third-order valence-electron chi connectivity index (χ3n) is 8.57. The van der Waals surface area contributed by atoms with Gasteiger partial charge in [-0.25, -0.2) is 25.2 Å². The van der Waals surface area contributed by atoms with Crippen LogP contribution in [0.25, 0.3) is 10.8 Å². The van der Waals surface area contributed by atoms with Crippen LogP contribution in [0.5, 0.6) is 17.2 Å². The normalized spacial score (nSPS) is 13.1. The van der Waals surface area contributed by atoms with E-state index in [1.165, 1.54) is 12.1 Å². The van der Waals surface area contributed by atoms with Crippen LogP contribution in [0.15, 0.2) is 119 Å². The van der Waals surface area contributed by atoms with Crippen molar-refractivity contribution in [1.82, 2.24) is 0 Å². The summed E-state index contributed by atoms with van der Waals surface area (Å²) in [7, 11) is -27.6. The molecule has 0 aliphatic rings. The number of hydrogen-bond acceptors (Lipinski definition) is 22. The van der Waals surface area contributed by atoms with Crippen LogP contribution in [0.2, 0.25) is 0 Å². The number of sulfone groups is 2. The SMILES string of the molecule is COc1cc(/N=N/c2c(S(=O)(=O)O)cc3c(/N=N/c4ccc(S(=O)(=O)CCOS(=O)(=O)O)cc4S(=O)(=O)O)c(Nc4ccccc4)ccc3c2OC)c(O)cc1S(=O)(=O)CCOS(=O)(=O)O. The smallest absolute Gasteiger partial charge is 0.397 e. The van der Waals surface area contributed by atoms with Crippen LogP contribution in [0.4, 0.5) is 34.1 Å². The summed E-state index contributed by atoms with van der Waals surface area (Å²) in [6.07, 6.45) is 0. The Labute approximate surface area is 375 Å². The molecule has 0 unspecified atom stereocenters. The number of azo groups is 2. The highest BCUT2D eigenvalue weighted by atomic mass is 32.3. The quantitative estimate of drug-likeness (QED) is 0.0449. The van der Waals surface area contributed by atoms with Crippen LogP contribution in [0.3, 0.4) is 0 Å². The molecular formula is C34H33N5O21S6. The van der Waals surface area contributed by atoms with Crippen LogP contribution in [0.1, 0.15) is 0 Å². The number of phenolic OH excluding ortho intramolecular Hbond substituents is 1. The van der Waals surface area contributed by atoms with Crippen molar-refractivity contribution in [1.29, 1.82) is 0 Å². The van der Waals surface area contributed by atoms with E-state index in [0.717, 1.165) is 38.5 Å². The molecule has 0 aromatic heterocycles. The lowest BCUT2D eigenvalue weighted by atomic mass is 10.0. The fraction of sp³-hybridized carbons (Fsp3) is 0.176. The first-order valence-electron chi connectivity index (χ1n) is 17.6. The molecule has 32 heteroatoms. The lowest BCUT2D eigenvalue weighted by Gasteiger charge is -2.16. The molecular weight excluding hydrogens is 1010 g/mol. The Morgan fingerprint density at radius 1 is 0.545 bits per heavy atom. The van der Waals surface area contributed by atoms with Gasteiger partial charge < -0.3 is 19.9 Å². The van der Waals surface area contributed by atoms with Crippen molar-refractivity contribution in [3.8, 4) is 17.2 Å². The molecule has 0 fully saturated rings. The Kier molecular flexibility index (Phi) is 15.2. The van der Waals surface area contributed by atoms with Gasteiger partial charge in [0.15, 0.2) is 25.4 Å². The fourth-order valence-corrected chi connectivity index (χ4v) is 10.2. The minimum Gasteiger partial charge on any atom is -0.506 e. The molecule has 0 heterocycles. The monoisotopic (exact) mass is 1040 g/mol. The number of benzene rings is 5. The van der Waals surface area contributed by atoms with Gasteiger partial charge in [0.25, 0.3) is 20.2 Å². The van der Waals surface area contributed by atoms with Crippen molar-refractivity contribution in [3.63, 3.8) is 0 Å². The number of rotatable bonds is 20. The van der Waals surface area contributed by atoms with Gasteiger partial charge in [-0.3, -0.25) is 18.2 Å². The molecule has 0 bridgehead atoms. The Hall–Kier alpha value is -5.78. The van der Waals surface area contributed by atoms with E-state index in [2.05, 4.69) is 34.1 Å². The van der Waals surface area contributed by atoms with Gasteiger partial charge in [-0.1, -0.05) is 18.2 Å². The molecule has 26 nitrogen and oxygen atoms in total. The number of nitrogens with one attached hydrogen (secondary N) is 1. The Morgan fingerprint density at radius 2 is 1.12 bits per heavy atom. The van der Waals surface area contributed by atoms with Crippen molar-refractivity contribution in [3.05, 3.63) is 78.9 Å². The van der Waals surface area contributed by atoms with E-state index in [1.54, 1.807) is 30.3 Å². The summed E-state index contributed by atoms with van der Waals surface area (Å²) >= 11 is 0. The number of nitrogens with zero attached hydrogens (tertiary/aromatic N) is 4. The largest absolute Gasteiger partial charge is 0.506 e. The van der Waals surface area contributed by atoms with Crippen LogP contribution in [0, 0.1) is 0 Å². The summed E-state index contributed by atoms with van der Waals surface area (Å²) in [4.78, 5) is -3.57. The van der Waals surface area contributed by atoms with Gasteiger partial charge in [0.05, 0.1) is 49.5 Å². The molecule has 5 aromatic carbocycles. The summed E-state index contributed by atoms with van der Waals surface area (Å²) in [6, 6.07) is 15.4. The zero-order valence-corrected chi connectivity index (χ0v) is 38.2. The molecule has 0 radical (unpaired) electrons. The second-order valence-electron chi connectivity index (χ2n) is 12.9. The van der Waals surface area contributed by atoms with Crippen LogP contribution in [-0.4, -0.2) is 113 Å². The average molecular weight is 1040 g/mol. The third kappa shape index (κ3) is 12.8. The highest BCUT2D eigenvalue weighted by molar-refractivity contribution is 7.92. The van der Waals surface area contributed by atoms with Crippen molar-refractivity contribution in [2.75, 3.05) is 44.3 Å². The van der Waals surface area contributed by atoms with Crippen LogP contribution < -0.4 is 14.8 Å². The Morgan fingerprint density at radius 3 is 1.68 bits per heavy atom. The average Bonchev–Trinajstić information content (AvgIpc) is 3.20. The molecule has 66 heavy (non-hydrogen) atoms. The standard InChI is InChI=1S/C34H33N5O21S6/c1-57-28-18-26(27(40)19-30(28)62(43,44)15-13-60-66(54,55)56)37-39-33-31(64(48,49)50)17-23-22(34(33)58-2)9-11-25(35-20-6-4-3-5-7-20)32(23)38-36-24-10-8-21(16-29(24)63(45,46)47)61(41,42)14-12-59-65(51,52)53/h3-11,16-19,35,40H,12-15H2,1-2H3,(H,45,46,47)(H,48,49,50)(H,51,52,53)(H,54,55,56)/b38-36+,39-37+. The molecule has 0 atom stereocenters. The van der Waals surface area contributed by atoms with E-state index in [-0.39, 0.29) is 22.1 Å². The number of fused-ring (bicyclic) bond motifs is 1. The first kappa shape index (κ1) is 51.2. The molecule has 356 valence electrons. The van der Waals surface area contributed by atoms with Crippen molar-refractivity contribution < 1.29 is 91.7 Å². The Balaban J connectivity index is 1.70. The van der Waals surface area contributed by atoms with Gasteiger partial charge in [-0.2, -0.15) is 33.7 Å². The number of hydrogen-bond donors (Lipinski definition) is 6. The summed E-state index contributed by atoms with van der Waals surface area (Å²) in [5.41, 5.74) is -1.76. The van der Waals surface area contributed by atoms with Gasteiger partial charge in [0.1, 0.15) is 48.9 Å². The zero-order valence-electron chi connectivity index (χ0n) is 33.3. The second-order valence-corrected chi connectivity index (χ2v) is 22.1. The lowest BCUT2D eigenvalue weighted by Crippen LogP contribution is -2.16. The maximum absolute atomic E-state index is 13.0. The predicted molar refractivity (Wildman–Crippen MR) is 228 cm³/mol. The van der Waals surface area contributed by atoms with Gasteiger partial charge in [-0.05, 0) is 48.5 Å². The Bertz CT molecular complexity index is 3460. The molecule has 0 spiro atoms. The minimum atomic E-state index is -5.34. The fourth-order valence-electron chi connectivity index (χ4n) is 5.71. The zero-order chi connectivity index (χ0) is 49.0.